The third kappa shape index (κ3) is 4.20. The molecule has 1 aromatic carbocycles. The summed E-state index contributed by atoms with van der Waals surface area (Å²) in [5.74, 6) is -1.04. The highest BCUT2D eigenvalue weighted by molar-refractivity contribution is 6.04. The van der Waals surface area contributed by atoms with E-state index >= 15 is 0 Å². The van der Waals surface area contributed by atoms with Gasteiger partial charge in [-0.25, -0.2) is 0 Å². The van der Waals surface area contributed by atoms with Crippen LogP contribution in [0.25, 0.3) is 0 Å². The predicted molar refractivity (Wildman–Crippen MR) is 70.1 cm³/mol. The van der Waals surface area contributed by atoms with Crippen molar-refractivity contribution in [2.75, 3.05) is 5.32 Å². The molecule has 1 aromatic heterocycles. The van der Waals surface area contributed by atoms with Gasteiger partial charge in [-0.3, -0.25) is 9.78 Å². The molecular formula is C14H11F3N2O2. The lowest BCUT2D eigenvalue weighted by atomic mass is 10.2. The van der Waals surface area contributed by atoms with E-state index in [0.29, 0.717) is 0 Å². The number of anilines is 1. The van der Waals surface area contributed by atoms with Crippen LogP contribution >= 0.6 is 0 Å². The fourth-order valence-corrected chi connectivity index (χ4v) is 1.58. The number of rotatable bonds is 3. The maximum absolute atomic E-state index is 12.3. The summed E-state index contributed by atoms with van der Waals surface area (Å²) in [5, 5.41) is 2.36. The molecule has 2 rings (SSSR count). The lowest BCUT2D eigenvalue weighted by Crippen LogP contribution is -2.19. The molecule has 2 aromatic rings. The molecule has 0 atom stereocenters. The van der Waals surface area contributed by atoms with E-state index < -0.39 is 18.0 Å². The number of para-hydroxylation sites is 2. The van der Waals surface area contributed by atoms with E-state index in [-0.39, 0.29) is 11.3 Å². The smallest absolute Gasteiger partial charge is 0.404 e. The molecule has 0 spiro atoms. The van der Waals surface area contributed by atoms with Gasteiger partial charge in [0.25, 0.3) is 5.91 Å². The Bertz CT molecular complexity index is 639. The summed E-state index contributed by atoms with van der Waals surface area (Å²) in [5.41, 5.74) is 0.898. The van der Waals surface area contributed by atoms with E-state index in [2.05, 4.69) is 15.0 Å². The van der Waals surface area contributed by atoms with E-state index in [1.54, 1.807) is 13.0 Å². The summed E-state index contributed by atoms with van der Waals surface area (Å²) in [6.45, 7) is 1.76. The van der Waals surface area contributed by atoms with Crippen LogP contribution < -0.4 is 10.1 Å². The number of amides is 1. The molecular weight excluding hydrogens is 285 g/mol. The molecule has 0 bridgehead atoms. The first kappa shape index (κ1) is 14.8. The third-order valence-corrected chi connectivity index (χ3v) is 2.53. The van der Waals surface area contributed by atoms with Crippen LogP contribution in [-0.4, -0.2) is 17.3 Å². The van der Waals surface area contributed by atoms with Crippen molar-refractivity contribution in [1.29, 1.82) is 0 Å². The molecule has 0 saturated carbocycles. The SMILES string of the molecule is Cc1ccc(C(=O)Nc2ccccc2OC(F)(F)F)cn1. The van der Waals surface area contributed by atoms with Crippen LogP contribution in [-0.2, 0) is 0 Å². The van der Waals surface area contributed by atoms with E-state index in [1.807, 2.05) is 0 Å². The first-order valence-electron chi connectivity index (χ1n) is 5.94. The van der Waals surface area contributed by atoms with Gasteiger partial charge in [0.15, 0.2) is 5.75 Å². The Balaban J connectivity index is 2.19. The van der Waals surface area contributed by atoms with Gasteiger partial charge in [-0.05, 0) is 31.2 Å². The molecule has 0 aliphatic rings. The summed E-state index contributed by atoms with van der Waals surface area (Å²) >= 11 is 0. The van der Waals surface area contributed by atoms with Gasteiger partial charge in [0.05, 0.1) is 11.3 Å². The third-order valence-electron chi connectivity index (χ3n) is 2.53. The Morgan fingerprint density at radius 1 is 1.19 bits per heavy atom. The van der Waals surface area contributed by atoms with Gasteiger partial charge in [-0.2, -0.15) is 0 Å². The summed E-state index contributed by atoms with van der Waals surface area (Å²) in [6, 6.07) is 8.48. The summed E-state index contributed by atoms with van der Waals surface area (Å²) < 4.78 is 40.7. The van der Waals surface area contributed by atoms with Crippen LogP contribution in [0.1, 0.15) is 16.1 Å². The van der Waals surface area contributed by atoms with Crippen molar-refractivity contribution in [3.8, 4) is 5.75 Å². The number of pyridine rings is 1. The Kier molecular flexibility index (Phi) is 4.11. The molecule has 1 N–H and O–H groups in total. The Morgan fingerprint density at radius 2 is 1.90 bits per heavy atom. The zero-order chi connectivity index (χ0) is 15.5. The van der Waals surface area contributed by atoms with Crippen molar-refractivity contribution in [3.05, 3.63) is 53.9 Å². The van der Waals surface area contributed by atoms with E-state index in [1.165, 1.54) is 30.5 Å². The standard InChI is InChI=1S/C14H11F3N2O2/c1-9-6-7-10(8-18-9)13(20)19-11-4-2-3-5-12(11)21-14(15,16)17/h2-8H,1H3,(H,19,20). The van der Waals surface area contributed by atoms with E-state index in [4.69, 9.17) is 0 Å². The second-order valence-corrected chi connectivity index (χ2v) is 4.19. The number of alkyl halides is 3. The van der Waals surface area contributed by atoms with Gasteiger partial charge in [0.1, 0.15) is 0 Å². The molecule has 1 amide bonds. The predicted octanol–water partition coefficient (Wildman–Crippen LogP) is 3.54. The summed E-state index contributed by atoms with van der Waals surface area (Å²) in [6.07, 6.45) is -3.48. The van der Waals surface area contributed by atoms with E-state index in [9.17, 15) is 18.0 Å². The first-order valence-corrected chi connectivity index (χ1v) is 5.94. The lowest BCUT2D eigenvalue weighted by Gasteiger charge is -2.13. The van der Waals surface area contributed by atoms with Crippen LogP contribution in [0.4, 0.5) is 18.9 Å². The molecule has 0 aliphatic heterocycles. The van der Waals surface area contributed by atoms with Gasteiger partial charge in [0, 0.05) is 11.9 Å². The first-order chi connectivity index (χ1) is 9.85. The Hall–Kier alpha value is -2.57. The number of aryl methyl sites for hydroxylation is 1. The topological polar surface area (TPSA) is 51.2 Å². The summed E-state index contributed by atoms with van der Waals surface area (Å²) in [7, 11) is 0. The molecule has 21 heavy (non-hydrogen) atoms. The van der Waals surface area contributed by atoms with Crippen LogP contribution in [0, 0.1) is 6.92 Å². The molecule has 0 fully saturated rings. The van der Waals surface area contributed by atoms with Gasteiger partial charge in [-0.1, -0.05) is 12.1 Å². The maximum atomic E-state index is 12.3. The number of nitrogens with zero attached hydrogens (tertiary/aromatic N) is 1. The summed E-state index contributed by atoms with van der Waals surface area (Å²) in [4.78, 5) is 15.9. The number of ether oxygens (including phenoxy) is 1. The van der Waals surface area contributed by atoms with Crippen molar-refractivity contribution in [3.63, 3.8) is 0 Å². The number of halogens is 3. The van der Waals surface area contributed by atoms with Gasteiger partial charge in [0.2, 0.25) is 0 Å². The number of carbonyl (C=O) groups is 1. The molecule has 110 valence electrons. The normalized spacial score (nSPS) is 11.0. The fourth-order valence-electron chi connectivity index (χ4n) is 1.58. The van der Waals surface area contributed by atoms with E-state index in [0.717, 1.165) is 11.8 Å². The van der Waals surface area contributed by atoms with Gasteiger partial charge >= 0.3 is 6.36 Å². The average molecular weight is 296 g/mol. The Labute approximate surface area is 118 Å². The minimum atomic E-state index is -4.83. The quantitative estimate of drug-likeness (QED) is 0.942. The number of aromatic nitrogens is 1. The molecule has 7 heteroatoms. The number of hydrogen-bond acceptors (Lipinski definition) is 3. The highest BCUT2D eigenvalue weighted by atomic mass is 19.4. The second-order valence-electron chi connectivity index (χ2n) is 4.19. The monoisotopic (exact) mass is 296 g/mol. The van der Waals surface area contributed by atoms with Crippen LogP contribution in [0.15, 0.2) is 42.6 Å². The fraction of sp³-hybridized carbons (Fsp3) is 0.143. The number of nitrogens with one attached hydrogen (secondary N) is 1. The minimum absolute atomic E-state index is 0.0691. The largest absolute Gasteiger partial charge is 0.573 e. The van der Waals surface area contributed by atoms with Crippen molar-refractivity contribution in [1.82, 2.24) is 4.98 Å². The molecule has 0 aliphatic carbocycles. The minimum Gasteiger partial charge on any atom is -0.404 e. The molecule has 0 radical (unpaired) electrons. The van der Waals surface area contributed by atoms with Gasteiger partial charge in [-0.15, -0.1) is 13.2 Å². The number of benzene rings is 1. The van der Waals surface area contributed by atoms with Crippen molar-refractivity contribution < 1.29 is 22.7 Å². The molecule has 0 unspecified atom stereocenters. The molecule has 1 heterocycles. The average Bonchev–Trinajstić information content (AvgIpc) is 2.40. The highest BCUT2D eigenvalue weighted by Gasteiger charge is 2.32. The lowest BCUT2D eigenvalue weighted by molar-refractivity contribution is -0.274. The van der Waals surface area contributed by atoms with Crippen LogP contribution in [0.5, 0.6) is 5.75 Å². The van der Waals surface area contributed by atoms with Crippen molar-refractivity contribution in [2.24, 2.45) is 0 Å². The zero-order valence-electron chi connectivity index (χ0n) is 10.9. The number of carbonyl (C=O) groups excluding carboxylic acids is 1. The van der Waals surface area contributed by atoms with Gasteiger partial charge < -0.3 is 10.1 Å². The zero-order valence-corrected chi connectivity index (χ0v) is 10.9. The van der Waals surface area contributed by atoms with Crippen molar-refractivity contribution >= 4 is 11.6 Å². The highest BCUT2D eigenvalue weighted by Crippen LogP contribution is 2.30. The maximum Gasteiger partial charge on any atom is 0.573 e. The molecule has 0 saturated heterocycles. The van der Waals surface area contributed by atoms with Crippen LogP contribution in [0.3, 0.4) is 0 Å². The Morgan fingerprint density at radius 3 is 2.52 bits per heavy atom. The second kappa shape index (κ2) is 5.82. The molecule has 4 nitrogen and oxygen atoms in total. The number of hydrogen-bond donors (Lipinski definition) is 1. The van der Waals surface area contributed by atoms with Crippen LogP contribution in [0.2, 0.25) is 0 Å². The van der Waals surface area contributed by atoms with Crippen molar-refractivity contribution in [2.45, 2.75) is 13.3 Å².